The van der Waals surface area contributed by atoms with E-state index in [1.54, 1.807) is 42.5 Å². The van der Waals surface area contributed by atoms with E-state index in [2.05, 4.69) is 4.98 Å². The molecule has 0 bridgehead atoms. The second-order valence-corrected chi connectivity index (χ2v) is 7.86. The van der Waals surface area contributed by atoms with Gasteiger partial charge in [-0.1, -0.05) is 48.2 Å². The molecule has 3 rings (SSSR count). The highest BCUT2D eigenvalue weighted by Gasteiger charge is 2.28. The van der Waals surface area contributed by atoms with Gasteiger partial charge in [0.2, 0.25) is 31.8 Å². The Morgan fingerprint density at radius 1 is 1.04 bits per heavy atom. The fourth-order valence-corrected chi connectivity index (χ4v) is 4.39. The second kappa shape index (κ2) is 7.12. The van der Waals surface area contributed by atoms with Crippen LogP contribution in [0.1, 0.15) is 0 Å². The highest BCUT2D eigenvalue weighted by Crippen LogP contribution is 2.34. The van der Waals surface area contributed by atoms with Gasteiger partial charge in [0.1, 0.15) is 0 Å². The largest absolute Gasteiger partial charge is 0.428 e. The van der Waals surface area contributed by atoms with E-state index in [1.165, 1.54) is 12.1 Å². The quantitative estimate of drug-likeness (QED) is 0.666. The van der Waals surface area contributed by atoms with Crippen molar-refractivity contribution in [3.05, 3.63) is 60.7 Å². The molecule has 25 heavy (non-hydrogen) atoms. The number of thioether (sulfide) groups is 1. The number of carbonyl (C=O) groups excluding carboxylic acids is 1. The topological polar surface area (TPSA) is 103 Å². The molecular formula is C17H14N2O4S2. The van der Waals surface area contributed by atoms with Crippen molar-refractivity contribution in [3.63, 3.8) is 0 Å². The number of carbonyl (C=O) groups is 1. The zero-order valence-electron chi connectivity index (χ0n) is 13.0. The summed E-state index contributed by atoms with van der Waals surface area (Å²) >= 11 is 0.909. The lowest BCUT2D eigenvalue weighted by molar-refractivity contribution is -0.115. The summed E-state index contributed by atoms with van der Waals surface area (Å²) in [6, 6.07) is 16.9. The Morgan fingerprint density at radius 2 is 1.64 bits per heavy atom. The summed E-state index contributed by atoms with van der Waals surface area (Å²) in [5.41, 5.74) is 5.79. The molecule has 0 radical (unpaired) electrons. The van der Waals surface area contributed by atoms with Gasteiger partial charge in [-0.3, -0.25) is 4.79 Å². The zero-order valence-corrected chi connectivity index (χ0v) is 14.6. The SMILES string of the molecule is NC(=O)CSc1oc(-c2ccccc2)nc1S(=O)(=O)c1ccccc1. The third-order valence-electron chi connectivity index (χ3n) is 3.24. The molecule has 2 N–H and O–H groups in total. The second-order valence-electron chi connectivity index (χ2n) is 5.05. The molecule has 6 nitrogen and oxygen atoms in total. The Kier molecular flexibility index (Phi) is 4.91. The molecule has 1 aromatic heterocycles. The maximum absolute atomic E-state index is 12.9. The van der Waals surface area contributed by atoms with Gasteiger partial charge in [0.15, 0.2) is 0 Å². The van der Waals surface area contributed by atoms with Crippen LogP contribution in [0.15, 0.2) is 80.1 Å². The van der Waals surface area contributed by atoms with E-state index in [0.29, 0.717) is 5.56 Å². The van der Waals surface area contributed by atoms with Crippen LogP contribution in [0.2, 0.25) is 0 Å². The van der Waals surface area contributed by atoms with E-state index >= 15 is 0 Å². The molecule has 0 saturated carbocycles. The average Bonchev–Trinajstić information content (AvgIpc) is 3.07. The van der Waals surface area contributed by atoms with Gasteiger partial charge in [-0.2, -0.15) is 4.98 Å². The minimum absolute atomic E-state index is 0.0431. The number of hydrogen-bond acceptors (Lipinski definition) is 6. The summed E-state index contributed by atoms with van der Waals surface area (Å²) in [6.07, 6.45) is 0. The molecule has 128 valence electrons. The Bertz CT molecular complexity index is 984. The molecule has 0 aliphatic rings. The normalized spacial score (nSPS) is 11.4. The summed E-state index contributed by atoms with van der Waals surface area (Å²) in [6.45, 7) is 0. The van der Waals surface area contributed by atoms with Crippen molar-refractivity contribution in [2.24, 2.45) is 5.73 Å². The maximum atomic E-state index is 12.9. The van der Waals surface area contributed by atoms with Crippen molar-refractivity contribution in [1.29, 1.82) is 0 Å². The first-order valence-electron chi connectivity index (χ1n) is 7.26. The molecule has 2 aromatic carbocycles. The molecule has 0 atom stereocenters. The van der Waals surface area contributed by atoms with E-state index in [0.717, 1.165) is 11.8 Å². The van der Waals surface area contributed by atoms with Gasteiger partial charge in [0, 0.05) is 5.56 Å². The standard InChI is InChI=1S/C17H14N2O4S2/c18-14(20)11-24-17-16(25(21,22)13-9-5-2-6-10-13)19-15(23-17)12-7-3-1-4-8-12/h1-10H,11H2,(H2,18,20). The molecular weight excluding hydrogens is 360 g/mol. The van der Waals surface area contributed by atoms with Crippen LogP contribution in [0.4, 0.5) is 0 Å². The van der Waals surface area contributed by atoms with Crippen LogP contribution < -0.4 is 5.73 Å². The van der Waals surface area contributed by atoms with Crippen LogP contribution in [0.5, 0.6) is 0 Å². The number of nitrogens with zero attached hydrogens (tertiary/aromatic N) is 1. The number of benzene rings is 2. The Hall–Kier alpha value is -2.58. The first-order valence-corrected chi connectivity index (χ1v) is 9.73. The smallest absolute Gasteiger partial charge is 0.228 e. The molecule has 0 aliphatic carbocycles. The fourth-order valence-electron chi connectivity index (χ4n) is 2.11. The van der Waals surface area contributed by atoms with Crippen LogP contribution in [0.3, 0.4) is 0 Å². The predicted octanol–water partition coefficient (Wildman–Crippen LogP) is 2.75. The van der Waals surface area contributed by atoms with Crippen LogP contribution >= 0.6 is 11.8 Å². The number of rotatable bonds is 6. The minimum Gasteiger partial charge on any atom is -0.428 e. The van der Waals surface area contributed by atoms with Gasteiger partial charge in [0.05, 0.1) is 10.6 Å². The van der Waals surface area contributed by atoms with Gasteiger partial charge in [0.25, 0.3) is 0 Å². The third-order valence-corrected chi connectivity index (χ3v) is 6.02. The van der Waals surface area contributed by atoms with Crippen LogP contribution in [-0.4, -0.2) is 25.1 Å². The Balaban J connectivity index is 2.10. The fraction of sp³-hybridized carbons (Fsp3) is 0.0588. The third kappa shape index (κ3) is 3.75. The van der Waals surface area contributed by atoms with Crippen LogP contribution in [0.25, 0.3) is 11.5 Å². The number of oxazole rings is 1. The van der Waals surface area contributed by atoms with Gasteiger partial charge in [-0.25, -0.2) is 8.42 Å². The van der Waals surface area contributed by atoms with Crippen molar-refractivity contribution in [3.8, 4) is 11.5 Å². The van der Waals surface area contributed by atoms with Crippen molar-refractivity contribution >= 4 is 27.5 Å². The van der Waals surface area contributed by atoms with Crippen molar-refractivity contribution in [2.75, 3.05) is 5.75 Å². The monoisotopic (exact) mass is 374 g/mol. The summed E-state index contributed by atoms with van der Waals surface area (Å²) in [5.74, 6) is -0.520. The first-order chi connectivity index (χ1) is 12.0. The molecule has 0 aliphatic heterocycles. The van der Waals surface area contributed by atoms with Gasteiger partial charge >= 0.3 is 0 Å². The lowest BCUT2D eigenvalue weighted by atomic mass is 10.2. The van der Waals surface area contributed by atoms with Gasteiger partial charge in [-0.15, -0.1) is 0 Å². The number of hydrogen-bond donors (Lipinski definition) is 1. The van der Waals surface area contributed by atoms with E-state index < -0.39 is 15.7 Å². The molecule has 0 fully saturated rings. The Morgan fingerprint density at radius 3 is 2.24 bits per heavy atom. The lowest BCUT2D eigenvalue weighted by Gasteiger charge is -2.02. The minimum atomic E-state index is -3.88. The number of nitrogens with two attached hydrogens (primary N) is 1. The van der Waals surface area contributed by atoms with Gasteiger partial charge < -0.3 is 10.2 Å². The summed E-state index contributed by atoms with van der Waals surface area (Å²) in [7, 11) is -3.88. The molecule has 0 saturated heterocycles. The molecule has 1 heterocycles. The molecule has 0 spiro atoms. The van der Waals surface area contributed by atoms with E-state index in [9.17, 15) is 13.2 Å². The number of amides is 1. The van der Waals surface area contributed by atoms with Crippen molar-refractivity contribution in [1.82, 2.24) is 4.98 Å². The number of aromatic nitrogens is 1. The lowest BCUT2D eigenvalue weighted by Crippen LogP contribution is -2.13. The zero-order chi connectivity index (χ0) is 17.9. The highest BCUT2D eigenvalue weighted by atomic mass is 32.2. The molecule has 3 aromatic rings. The number of primary amides is 1. The van der Waals surface area contributed by atoms with E-state index in [4.69, 9.17) is 10.2 Å². The summed E-state index contributed by atoms with van der Waals surface area (Å²) < 4.78 is 31.4. The maximum Gasteiger partial charge on any atom is 0.228 e. The van der Waals surface area contributed by atoms with Crippen molar-refractivity contribution < 1.29 is 17.6 Å². The highest BCUT2D eigenvalue weighted by molar-refractivity contribution is 8.00. The Labute approximate surface area is 149 Å². The van der Waals surface area contributed by atoms with E-state index in [-0.39, 0.29) is 26.7 Å². The number of sulfone groups is 1. The van der Waals surface area contributed by atoms with E-state index in [1.807, 2.05) is 6.07 Å². The predicted molar refractivity (Wildman–Crippen MR) is 93.8 cm³/mol. The average molecular weight is 374 g/mol. The van der Waals surface area contributed by atoms with Gasteiger partial charge in [-0.05, 0) is 24.3 Å². The summed E-state index contributed by atoms with van der Waals surface area (Å²) in [5, 5.41) is -0.176. The molecule has 1 amide bonds. The molecule has 0 unspecified atom stereocenters. The van der Waals surface area contributed by atoms with Crippen molar-refractivity contribution in [2.45, 2.75) is 15.0 Å². The molecule has 8 heteroatoms. The summed E-state index contributed by atoms with van der Waals surface area (Å²) in [4.78, 5) is 15.3. The van der Waals surface area contributed by atoms with Crippen LogP contribution in [0, 0.1) is 0 Å². The van der Waals surface area contributed by atoms with Crippen LogP contribution in [-0.2, 0) is 14.6 Å². The first kappa shape index (κ1) is 17.2.